The molecule has 0 aliphatic carbocycles. The van der Waals surface area contributed by atoms with Gasteiger partial charge in [-0.05, 0) is 12.5 Å². The van der Waals surface area contributed by atoms with Gasteiger partial charge in [-0.2, -0.15) is 0 Å². The number of nitrogens with zero attached hydrogens (tertiary/aromatic N) is 3. The third-order valence-corrected chi connectivity index (χ3v) is 4.99. The van der Waals surface area contributed by atoms with Crippen molar-refractivity contribution in [1.82, 2.24) is 15.1 Å². The molecule has 6 nitrogen and oxygen atoms in total. The molecule has 0 saturated carbocycles. The predicted octanol–water partition coefficient (Wildman–Crippen LogP) is 2.98. The highest BCUT2D eigenvalue weighted by Crippen LogP contribution is 2.35. The van der Waals surface area contributed by atoms with Crippen LogP contribution in [-0.4, -0.2) is 26.2 Å². The van der Waals surface area contributed by atoms with Gasteiger partial charge in [0.25, 0.3) is 0 Å². The molecule has 0 spiro atoms. The Bertz CT molecular complexity index is 768. The molecule has 0 aliphatic rings. The molecule has 0 saturated heterocycles. The molecule has 0 aliphatic heterocycles. The number of carboxylic acid groups (broad SMARTS) is 1. The van der Waals surface area contributed by atoms with Gasteiger partial charge in [0.2, 0.25) is 0 Å². The van der Waals surface area contributed by atoms with Crippen LogP contribution in [0.2, 0.25) is 0 Å². The van der Waals surface area contributed by atoms with E-state index in [2.05, 4.69) is 15.1 Å². The molecule has 0 fully saturated rings. The minimum atomic E-state index is -0.930. The van der Waals surface area contributed by atoms with Gasteiger partial charge in [0.1, 0.15) is 27.3 Å². The SMILES string of the molecule is Cc1c(C(=O)O)sc2ncnc(SCc3cnoc3)c12. The summed E-state index contributed by atoms with van der Waals surface area (Å²) in [7, 11) is 0. The second kappa shape index (κ2) is 5.22. The van der Waals surface area contributed by atoms with E-state index in [1.54, 1.807) is 19.4 Å². The highest BCUT2D eigenvalue weighted by molar-refractivity contribution is 7.98. The van der Waals surface area contributed by atoms with E-state index in [0.29, 0.717) is 21.0 Å². The lowest BCUT2D eigenvalue weighted by Crippen LogP contribution is -1.94. The topological polar surface area (TPSA) is 89.1 Å². The maximum absolute atomic E-state index is 11.2. The molecule has 0 aromatic carbocycles. The number of carboxylic acids is 1. The highest BCUT2D eigenvalue weighted by Gasteiger charge is 2.18. The molecule has 3 aromatic rings. The Morgan fingerprint density at radius 1 is 1.50 bits per heavy atom. The summed E-state index contributed by atoms with van der Waals surface area (Å²) >= 11 is 2.68. The van der Waals surface area contributed by atoms with Gasteiger partial charge in [0, 0.05) is 16.7 Å². The van der Waals surface area contributed by atoms with Crippen molar-refractivity contribution < 1.29 is 14.4 Å². The summed E-state index contributed by atoms with van der Waals surface area (Å²) in [6, 6.07) is 0. The van der Waals surface area contributed by atoms with Crippen LogP contribution in [-0.2, 0) is 5.75 Å². The van der Waals surface area contributed by atoms with Crippen LogP contribution in [0.15, 0.2) is 28.3 Å². The number of aromatic nitrogens is 3. The van der Waals surface area contributed by atoms with Gasteiger partial charge in [0.15, 0.2) is 0 Å². The van der Waals surface area contributed by atoms with Crippen molar-refractivity contribution in [3.8, 4) is 0 Å². The summed E-state index contributed by atoms with van der Waals surface area (Å²) < 4.78 is 4.78. The van der Waals surface area contributed by atoms with E-state index < -0.39 is 5.97 Å². The van der Waals surface area contributed by atoms with Gasteiger partial charge in [-0.3, -0.25) is 0 Å². The zero-order chi connectivity index (χ0) is 14.1. The van der Waals surface area contributed by atoms with Crippen molar-refractivity contribution in [2.24, 2.45) is 0 Å². The second-order valence-electron chi connectivity index (χ2n) is 4.04. The van der Waals surface area contributed by atoms with E-state index in [4.69, 9.17) is 4.52 Å². The third kappa shape index (κ3) is 2.27. The summed E-state index contributed by atoms with van der Waals surface area (Å²) in [6.45, 7) is 1.79. The predicted molar refractivity (Wildman–Crippen MR) is 75.2 cm³/mol. The van der Waals surface area contributed by atoms with E-state index in [1.165, 1.54) is 29.4 Å². The maximum atomic E-state index is 11.2. The standard InChI is InChI=1S/C12H9N3O3S2/c1-6-8-10(19-4-7-2-15-18-3-7)13-5-14-11(8)20-9(6)12(16)17/h2-3,5H,4H2,1H3,(H,16,17). The van der Waals surface area contributed by atoms with Crippen molar-refractivity contribution in [2.75, 3.05) is 0 Å². The number of fused-ring (bicyclic) bond motifs is 1. The Labute approximate surface area is 121 Å². The average molecular weight is 307 g/mol. The van der Waals surface area contributed by atoms with Crippen LogP contribution in [0, 0.1) is 6.92 Å². The average Bonchev–Trinajstić information content (AvgIpc) is 3.05. The molecule has 3 aromatic heterocycles. The minimum Gasteiger partial charge on any atom is -0.477 e. The Hall–Kier alpha value is -1.93. The summed E-state index contributed by atoms with van der Waals surface area (Å²) in [5.41, 5.74) is 1.67. The van der Waals surface area contributed by atoms with Crippen LogP contribution >= 0.6 is 23.1 Å². The van der Waals surface area contributed by atoms with Gasteiger partial charge >= 0.3 is 5.97 Å². The van der Waals surface area contributed by atoms with Crippen LogP contribution in [0.25, 0.3) is 10.2 Å². The van der Waals surface area contributed by atoms with Crippen LogP contribution in [0.1, 0.15) is 20.8 Å². The van der Waals surface area contributed by atoms with E-state index in [9.17, 15) is 9.90 Å². The van der Waals surface area contributed by atoms with Crippen LogP contribution in [0.5, 0.6) is 0 Å². The van der Waals surface area contributed by atoms with E-state index >= 15 is 0 Å². The first kappa shape index (κ1) is 13.1. The Kier molecular flexibility index (Phi) is 3.41. The number of aromatic carboxylic acids is 1. The summed E-state index contributed by atoms with van der Waals surface area (Å²) in [6.07, 6.45) is 4.68. The number of rotatable bonds is 4. The molecule has 0 radical (unpaired) electrons. The van der Waals surface area contributed by atoms with Crippen molar-refractivity contribution in [1.29, 1.82) is 0 Å². The largest absolute Gasteiger partial charge is 0.477 e. The lowest BCUT2D eigenvalue weighted by molar-refractivity contribution is 0.0701. The first-order valence-electron chi connectivity index (χ1n) is 5.65. The molecule has 102 valence electrons. The molecule has 3 heterocycles. The smallest absolute Gasteiger partial charge is 0.346 e. The maximum Gasteiger partial charge on any atom is 0.346 e. The van der Waals surface area contributed by atoms with Crippen LogP contribution in [0.3, 0.4) is 0 Å². The summed E-state index contributed by atoms with van der Waals surface area (Å²) in [4.78, 5) is 20.6. The van der Waals surface area contributed by atoms with Gasteiger partial charge in [-0.1, -0.05) is 5.16 Å². The number of thioether (sulfide) groups is 1. The quantitative estimate of drug-likeness (QED) is 0.585. The van der Waals surface area contributed by atoms with Crippen molar-refractivity contribution in [2.45, 2.75) is 17.7 Å². The number of aryl methyl sites for hydroxylation is 1. The number of carbonyl (C=O) groups is 1. The zero-order valence-corrected chi connectivity index (χ0v) is 12.0. The Balaban J connectivity index is 2.00. The molecule has 8 heteroatoms. The Morgan fingerprint density at radius 3 is 3.05 bits per heavy atom. The molecule has 0 amide bonds. The lowest BCUT2D eigenvalue weighted by atomic mass is 10.2. The molecule has 20 heavy (non-hydrogen) atoms. The lowest BCUT2D eigenvalue weighted by Gasteiger charge is -2.01. The second-order valence-corrected chi connectivity index (χ2v) is 6.00. The number of hydrogen-bond donors (Lipinski definition) is 1. The van der Waals surface area contributed by atoms with Gasteiger partial charge < -0.3 is 9.63 Å². The molecule has 3 rings (SSSR count). The fourth-order valence-corrected chi connectivity index (χ4v) is 3.82. The number of hydrogen-bond acceptors (Lipinski definition) is 7. The molecular weight excluding hydrogens is 298 g/mol. The normalized spacial score (nSPS) is 11.1. The van der Waals surface area contributed by atoms with Crippen LogP contribution < -0.4 is 0 Å². The Morgan fingerprint density at radius 2 is 2.35 bits per heavy atom. The number of thiophene rings is 1. The van der Waals surface area contributed by atoms with Crippen molar-refractivity contribution >= 4 is 39.3 Å². The van der Waals surface area contributed by atoms with E-state index in [-0.39, 0.29) is 0 Å². The summed E-state index contributed by atoms with van der Waals surface area (Å²) in [5, 5.41) is 14.4. The van der Waals surface area contributed by atoms with Gasteiger partial charge in [0.05, 0.1) is 6.20 Å². The zero-order valence-electron chi connectivity index (χ0n) is 10.4. The fraction of sp³-hybridized carbons (Fsp3) is 0.167. The third-order valence-electron chi connectivity index (χ3n) is 2.75. The van der Waals surface area contributed by atoms with Gasteiger partial charge in [-0.25, -0.2) is 14.8 Å². The minimum absolute atomic E-state index is 0.312. The van der Waals surface area contributed by atoms with E-state index in [1.807, 2.05) is 0 Å². The van der Waals surface area contributed by atoms with E-state index in [0.717, 1.165) is 16.0 Å². The van der Waals surface area contributed by atoms with Gasteiger partial charge in [-0.15, -0.1) is 23.1 Å². The molecule has 0 bridgehead atoms. The first-order chi connectivity index (χ1) is 9.66. The van der Waals surface area contributed by atoms with Crippen LogP contribution in [0.4, 0.5) is 0 Å². The first-order valence-corrected chi connectivity index (χ1v) is 7.45. The summed E-state index contributed by atoms with van der Waals surface area (Å²) in [5.74, 6) is -0.270. The highest BCUT2D eigenvalue weighted by atomic mass is 32.2. The van der Waals surface area contributed by atoms with Crippen molar-refractivity contribution in [3.63, 3.8) is 0 Å². The molecular formula is C12H9N3O3S2. The molecule has 0 unspecified atom stereocenters. The molecule has 0 atom stereocenters. The fourth-order valence-electron chi connectivity index (χ4n) is 1.80. The monoisotopic (exact) mass is 307 g/mol. The molecule has 1 N–H and O–H groups in total. The van der Waals surface area contributed by atoms with Crippen molar-refractivity contribution in [3.05, 3.63) is 34.8 Å².